The van der Waals surface area contributed by atoms with E-state index in [1.165, 1.54) is 12.1 Å². The minimum absolute atomic E-state index is 0.215. The van der Waals surface area contributed by atoms with Crippen LogP contribution in [0.5, 0.6) is 0 Å². The zero-order valence-electron chi connectivity index (χ0n) is 11.8. The highest BCUT2D eigenvalue weighted by atomic mass is 16.1. The van der Waals surface area contributed by atoms with Gasteiger partial charge in [0, 0.05) is 34.0 Å². The van der Waals surface area contributed by atoms with Gasteiger partial charge >= 0.3 is 0 Å². The Morgan fingerprint density at radius 3 is 2.62 bits per heavy atom. The molecule has 106 valence electrons. The molecule has 1 amide bonds. The van der Waals surface area contributed by atoms with Gasteiger partial charge in [-0.15, -0.1) is 0 Å². The van der Waals surface area contributed by atoms with Crippen LogP contribution in [0.15, 0.2) is 41.2 Å². The first kappa shape index (κ1) is 13.2. The van der Waals surface area contributed by atoms with Crippen molar-refractivity contribution in [2.24, 2.45) is 0 Å². The van der Waals surface area contributed by atoms with Crippen molar-refractivity contribution in [3.8, 4) is 0 Å². The molecule has 3 rings (SSSR count). The van der Waals surface area contributed by atoms with Gasteiger partial charge in [0.05, 0.1) is 5.56 Å². The van der Waals surface area contributed by atoms with Crippen molar-refractivity contribution < 1.29 is 4.79 Å². The fraction of sp³-hybridized carbons (Fsp3) is 0.125. The molecule has 0 saturated carbocycles. The van der Waals surface area contributed by atoms with E-state index in [1.54, 1.807) is 6.92 Å². The lowest BCUT2D eigenvalue weighted by atomic mass is 10.1. The number of aryl methyl sites for hydroxylation is 2. The van der Waals surface area contributed by atoms with Crippen LogP contribution in [0.1, 0.15) is 21.7 Å². The summed E-state index contributed by atoms with van der Waals surface area (Å²) in [6.45, 7) is 3.69. The second-order valence-corrected chi connectivity index (χ2v) is 5.07. The van der Waals surface area contributed by atoms with Crippen molar-refractivity contribution in [3.05, 3.63) is 63.7 Å². The Labute approximate surface area is 121 Å². The average Bonchev–Trinajstić information content (AvgIpc) is 2.77. The molecule has 5 nitrogen and oxygen atoms in total. The summed E-state index contributed by atoms with van der Waals surface area (Å²) in [6, 6.07) is 10.6. The van der Waals surface area contributed by atoms with Crippen molar-refractivity contribution in [2.45, 2.75) is 13.8 Å². The molecule has 3 aromatic rings. The molecule has 3 N–H and O–H groups in total. The maximum Gasteiger partial charge on any atom is 0.257 e. The second kappa shape index (κ2) is 4.94. The van der Waals surface area contributed by atoms with Crippen LogP contribution in [-0.4, -0.2) is 15.9 Å². The summed E-state index contributed by atoms with van der Waals surface area (Å²) in [5.41, 5.74) is 3.62. The smallest absolute Gasteiger partial charge is 0.257 e. The number of anilines is 1. The third-order valence-electron chi connectivity index (χ3n) is 3.37. The van der Waals surface area contributed by atoms with E-state index in [9.17, 15) is 9.59 Å². The van der Waals surface area contributed by atoms with Gasteiger partial charge in [-0.05, 0) is 44.2 Å². The van der Waals surface area contributed by atoms with Gasteiger partial charge in [0.2, 0.25) is 5.56 Å². The number of rotatable bonds is 2. The van der Waals surface area contributed by atoms with E-state index >= 15 is 0 Å². The van der Waals surface area contributed by atoms with E-state index in [-0.39, 0.29) is 11.5 Å². The molecular weight excluding hydrogens is 266 g/mol. The van der Waals surface area contributed by atoms with Crippen LogP contribution >= 0.6 is 0 Å². The normalized spacial score (nSPS) is 10.8. The van der Waals surface area contributed by atoms with Gasteiger partial charge in [-0.2, -0.15) is 0 Å². The molecule has 2 aromatic heterocycles. The monoisotopic (exact) mass is 281 g/mol. The molecule has 0 saturated heterocycles. The van der Waals surface area contributed by atoms with Gasteiger partial charge in [-0.3, -0.25) is 9.59 Å². The first-order valence-electron chi connectivity index (χ1n) is 6.63. The molecule has 0 aliphatic carbocycles. The molecule has 0 aliphatic heterocycles. The van der Waals surface area contributed by atoms with Crippen LogP contribution in [0.3, 0.4) is 0 Å². The number of pyridine rings is 1. The molecule has 0 radical (unpaired) electrons. The molecule has 0 bridgehead atoms. The number of hydrogen-bond donors (Lipinski definition) is 3. The lowest BCUT2D eigenvalue weighted by Crippen LogP contribution is -2.17. The van der Waals surface area contributed by atoms with Crippen molar-refractivity contribution in [1.29, 1.82) is 0 Å². The number of fused-ring (bicyclic) bond motifs is 1. The molecule has 1 aromatic carbocycles. The maximum absolute atomic E-state index is 12.2. The Morgan fingerprint density at radius 2 is 1.86 bits per heavy atom. The SMILES string of the molecule is Cc1cc2cc(NC(=O)c3ccc(=O)[nH]c3C)ccc2[nH]1. The van der Waals surface area contributed by atoms with E-state index in [1.807, 2.05) is 31.2 Å². The van der Waals surface area contributed by atoms with E-state index in [0.717, 1.165) is 22.3 Å². The number of carbonyl (C=O) groups is 1. The number of amides is 1. The lowest BCUT2D eigenvalue weighted by Gasteiger charge is -2.07. The van der Waals surface area contributed by atoms with E-state index < -0.39 is 0 Å². The van der Waals surface area contributed by atoms with E-state index in [4.69, 9.17) is 0 Å². The summed E-state index contributed by atoms with van der Waals surface area (Å²) in [4.78, 5) is 29.3. The van der Waals surface area contributed by atoms with Crippen LogP contribution in [0.25, 0.3) is 10.9 Å². The number of H-pyrrole nitrogens is 2. The quantitative estimate of drug-likeness (QED) is 0.675. The molecule has 5 heteroatoms. The molecule has 0 spiro atoms. The molecule has 0 unspecified atom stereocenters. The van der Waals surface area contributed by atoms with Gasteiger partial charge in [0.25, 0.3) is 5.91 Å². The highest BCUT2D eigenvalue weighted by Gasteiger charge is 2.10. The molecule has 0 aliphatic rings. The predicted molar refractivity (Wildman–Crippen MR) is 82.8 cm³/mol. The lowest BCUT2D eigenvalue weighted by molar-refractivity contribution is 0.102. The number of aromatic amines is 2. The number of benzene rings is 1. The number of hydrogen-bond acceptors (Lipinski definition) is 2. The van der Waals surface area contributed by atoms with Gasteiger partial charge in [-0.25, -0.2) is 0 Å². The second-order valence-electron chi connectivity index (χ2n) is 5.07. The molecule has 2 heterocycles. The Balaban J connectivity index is 1.90. The van der Waals surface area contributed by atoms with Crippen LogP contribution < -0.4 is 10.9 Å². The summed E-state index contributed by atoms with van der Waals surface area (Å²) in [7, 11) is 0. The first-order chi connectivity index (χ1) is 10.0. The highest BCUT2D eigenvalue weighted by Crippen LogP contribution is 2.20. The van der Waals surface area contributed by atoms with Crippen LogP contribution in [0, 0.1) is 13.8 Å². The third-order valence-corrected chi connectivity index (χ3v) is 3.37. The van der Waals surface area contributed by atoms with Crippen LogP contribution in [-0.2, 0) is 0 Å². The largest absolute Gasteiger partial charge is 0.359 e. The summed E-state index contributed by atoms with van der Waals surface area (Å²) >= 11 is 0. The molecule has 0 atom stereocenters. The highest BCUT2D eigenvalue weighted by molar-refractivity contribution is 6.05. The fourth-order valence-corrected chi connectivity index (χ4v) is 2.38. The molecule has 0 fully saturated rings. The third kappa shape index (κ3) is 2.58. The minimum Gasteiger partial charge on any atom is -0.359 e. The van der Waals surface area contributed by atoms with Crippen molar-refractivity contribution in [2.75, 3.05) is 5.32 Å². The predicted octanol–water partition coefficient (Wildman–Crippen LogP) is 2.73. The summed E-state index contributed by atoms with van der Waals surface area (Å²) < 4.78 is 0. The Kier molecular flexibility index (Phi) is 3.10. The summed E-state index contributed by atoms with van der Waals surface area (Å²) in [5.74, 6) is -0.240. The van der Waals surface area contributed by atoms with Gasteiger partial charge in [0.1, 0.15) is 0 Å². The molecular formula is C16H15N3O2. The number of nitrogens with one attached hydrogen (secondary N) is 3. The first-order valence-corrected chi connectivity index (χ1v) is 6.63. The zero-order valence-corrected chi connectivity index (χ0v) is 11.8. The van der Waals surface area contributed by atoms with Crippen molar-refractivity contribution in [1.82, 2.24) is 9.97 Å². The standard InChI is InChI=1S/C16H15N3O2/c1-9-7-11-8-12(3-5-14(11)17-9)19-16(21)13-4-6-15(20)18-10(13)2/h3-8,17H,1-2H3,(H,18,20)(H,19,21). The van der Waals surface area contributed by atoms with Crippen LogP contribution in [0.2, 0.25) is 0 Å². The topological polar surface area (TPSA) is 77.8 Å². The summed E-state index contributed by atoms with van der Waals surface area (Å²) in [5, 5.41) is 3.89. The molecule has 21 heavy (non-hydrogen) atoms. The van der Waals surface area contributed by atoms with E-state index in [0.29, 0.717) is 11.3 Å². The maximum atomic E-state index is 12.2. The Hall–Kier alpha value is -2.82. The van der Waals surface area contributed by atoms with Gasteiger partial charge in [-0.1, -0.05) is 0 Å². The number of carbonyl (C=O) groups excluding carboxylic acids is 1. The van der Waals surface area contributed by atoms with Crippen LogP contribution in [0.4, 0.5) is 5.69 Å². The minimum atomic E-state index is -0.240. The summed E-state index contributed by atoms with van der Waals surface area (Å²) in [6.07, 6.45) is 0. The van der Waals surface area contributed by atoms with Crippen molar-refractivity contribution >= 4 is 22.5 Å². The Bertz CT molecular complexity index is 890. The number of aromatic nitrogens is 2. The zero-order chi connectivity index (χ0) is 15.0. The average molecular weight is 281 g/mol. The van der Waals surface area contributed by atoms with E-state index in [2.05, 4.69) is 15.3 Å². The van der Waals surface area contributed by atoms with Crippen molar-refractivity contribution in [3.63, 3.8) is 0 Å². The van der Waals surface area contributed by atoms with Gasteiger partial charge in [0.15, 0.2) is 0 Å². The Morgan fingerprint density at radius 1 is 1.05 bits per heavy atom. The van der Waals surface area contributed by atoms with Gasteiger partial charge < -0.3 is 15.3 Å². The fourth-order valence-electron chi connectivity index (χ4n) is 2.38.